The Kier molecular flexibility index (Phi) is 9.18. The van der Waals surface area contributed by atoms with Gasteiger partial charge in [0.25, 0.3) is 0 Å². The Morgan fingerprint density at radius 3 is 2.27 bits per heavy atom. The minimum atomic E-state index is -3.58. The first kappa shape index (κ1) is 29.8. The highest BCUT2D eigenvalue weighted by Gasteiger charge is 2.27. The molecule has 0 atom stereocenters. The fraction of sp³-hybridized carbons (Fsp3) is 0.500. The molecule has 0 spiro atoms. The molecule has 2 heterocycles. The molecule has 5 rings (SSSR count). The molecule has 9 nitrogen and oxygen atoms in total. The monoisotopic (exact) mass is 597 g/mol. The van der Waals surface area contributed by atoms with Gasteiger partial charge >= 0.3 is 0 Å². The minimum Gasteiger partial charge on any atom is -0.379 e. The van der Waals surface area contributed by atoms with Crippen LogP contribution in [-0.4, -0.2) is 65.5 Å². The topological polar surface area (TPSA) is 106 Å². The second kappa shape index (κ2) is 12.6. The first-order chi connectivity index (χ1) is 19.6. The third-order valence-corrected chi connectivity index (χ3v) is 10.5. The van der Waals surface area contributed by atoms with Gasteiger partial charge < -0.3 is 10.1 Å². The molecule has 1 amide bonds. The van der Waals surface area contributed by atoms with E-state index in [4.69, 9.17) is 4.74 Å². The van der Waals surface area contributed by atoms with Crippen LogP contribution < -0.4 is 5.32 Å². The lowest BCUT2D eigenvalue weighted by Gasteiger charge is -2.26. The van der Waals surface area contributed by atoms with Gasteiger partial charge in [0, 0.05) is 30.4 Å². The van der Waals surface area contributed by atoms with Crippen LogP contribution in [0.25, 0.3) is 11.4 Å². The lowest BCUT2D eigenvalue weighted by Crippen LogP contribution is -2.40. The molecule has 1 saturated heterocycles. The molecule has 1 saturated carbocycles. The maximum Gasteiger partial charge on any atom is 0.243 e. The number of nitrogens with zero attached hydrogens (tertiary/aromatic N) is 4. The van der Waals surface area contributed by atoms with Crippen LogP contribution in [0.2, 0.25) is 0 Å². The van der Waals surface area contributed by atoms with Gasteiger partial charge in [-0.1, -0.05) is 76.1 Å². The van der Waals surface area contributed by atoms with Gasteiger partial charge in [-0.05, 0) is 48.1 Å². The first-order valence-electron chi connectivity index (χ1n) is 14.3. The van der Waals surface area contributed by atoms with Crippen molar-refractivity contribution in [3.05, 3.63) is 54.1 Å². The zero-order valence-electron chi connectivity index (χ0n) is 24.0. The fourth-order valence-electron chi connectivity index (χ4n) is 5.33. The number of carbonyl (C=O) groups excluding carboxylic acids is 1. The molecular weight excluding hydrogens is 558 g/mol. The minimum absolute atomic E-state index is 0.0707. The molecule has 1 aromatic heterocycles. The number of hydrogen-bond donors (Lipinski definition) is 1. The molecule has 1 N–H and O–H groups in total. The van der Waals surface area contributed by atoms with Crippen molar-refractivity contribution in [1.82, 2.24) is 19.1 Å². The van der Waals surface area contributed by atoms with E-state index in [9.17, 15) is 13.2 Å². The maximum absolute atomic E-state index is 12.9. The van der Waals surface area contributed by atoms with Gasteiger partial charge in [0.05, 0.1) is 23.9 Å². The maximum atomic E-state index is 12.9. The van der Waals surface area contributed by atoms with Crippen LogP contribution in [0.1, 0.15) is 64.5 Å². The molecule has 0 radical (unpaired) electrons. The van der Waals surface area contributed by atoms with Crippen molar-refractivity contribution < 1.29 is 17.9 Å². The highest BCUT2D eigenvalue weighted by atomic mass is 32.2. The number of amides is 1. The summed E-state index contributed by atoms with van der Waals surface area (Å²) in [6.45, 7) is 8.08. The SMILES string of the molecule is CC(C)(C)c1ccc(-c2nnc(SCC(=O)Nc3ccc(S(=O)(=O)N4CCOCC4)cc3)n2C2CCCCC2)cc1. The molecule has 1 aliphatic carbocycles. The van der Waals surface area contributed by atoms with Crippen molar-refractivity contribution in [3.63, 3.8) is 0 Å². The van der Waals surface area contributed by atoms with Crippen molar-refractivity contribution in [2.75, 3.05) is 37.4 Å². The zero-order chi connectivity index (χ0) is 29.0. The number of rotatable bonds is 8. The van der Waals surface area contributed by atoms with Crippen LogP contribution in [-0.2, 0) is 25.0 Å². The van der Waals surface area contributed by atoms with Crippen molar-refractivity contribution in [2.24, 2.45) is 0 Å². The Bertz CT molecular complexity index is 1440. The number of nitrogens with one attached hydrogen (secondary N) is 1. The highest BCUT2D eigenvalue weighted by molar-refractivity contribution is 7.99. The number of ether oxygens (including phenoxy) is 1. The Morgan fingerprint density at radius 1 is 0.976 bits per heavy atom. The normalized spacial score (nSPS) is 17.4. The van der Waals surface area contributed by atoms with Crippen LogP contribution >= 0.6 is 11.8 Å². The predicted octanol–water partition coefficient (Wildman–Crippen LogP) is 5.50. The molecule has 2 fully saturated rings. The fourth-order valence-corrected chi connectivity index (χ4v) is 7.55. The third-order valence-electron chi connectivity index (χ3n) is 7.69. The molecule has 220 valence electrons. The van der Waals surface area contributed by atoms with Crippen molar-refractivity contribution >= 4 is 33.4 Å². The average Bonchev–Trinajstić information content (AvgIpc) is 3.41. The van der Waals surface area contributed by atoms with E-state index in [0.29, 0.717) is 38.0 Å². The molecule has 0 bridgehead atoms. The number of morpholine rings is 1. The lowest BCUT2D eigenvalue weighted by atomic mass is 9.86. The quantitative estimate of drug-likeness (QED) is 0.342. The average molecular weight is 598 g/mol. The zero-order valence-corrected chi connectivity index (χ0v) is 25.6. The van der Waals surface area contributed by atoms with Crippen LogP contribution in [0.5, 0.6) is 0 Å². The van der Waals surface area contributed by atoms with E-state index in [1.807, 2.05) is 0 Å². The summed E-state index contributed by atoms with van der Waals surface area (Å²) >= 11 is 1.38. The third kappa shape index (κ3) is 7.02. The molecule has 41 heavy (non-hydrogen) atoms. The van der Waals surface area contributed by atoms with Crippen LogP contribution in [0.4, 0.5) is 5.69 Å². The van der Waals surface area contributed by atoms with Crippen LogP contribution in [0.3, 0.4) is 0 Å². The highest BCUT2D eigenvalue weighted by Crippen LogP contribution is 2.36. The Balaban J connectivity index is 1.27. The van der Waals surface area contributed by atoms with E-state index in [0.717, 1.165) is 29.4 Å². The van der Waals surface area contributed by atoms with Crippen LogP contribution in [0.15, 0.2) is 58.6 Å². The summed E-state index contributed by atoms with van der Waals surface area (Å²) in [5.74, 6) is 0.826. The smallest absolute Gasteiger partial charge is 0.243 e. The summed E-state index contributed by atoms with van der Waals surface area (Å²) < 4.78 is 34.7. The van der Waals surface area contributed by atoms with Gasteiger partial charge in [0.15, 0.2) is 11.0 Å². The Morgan fingerprint density at radius 2 is 1.63 bits per heavy atom. The summed E-state index contributed by atoms with van der Waals surface area (Å²) in [5, 5.41) is 12.7. The Labute approximate surface area is 247 Å². The molecule has 2 aromatic carbocycles. The van der Waals surface area contributed by atoms with E-state index in [-0.39, 0.29) is 22.0 Å². The van der Waals surface area contributed by atoms with Gasteiger partial charge in [0.2, 0.25) is 15.9 Å². The van der Waals surface area contributed by atoms with E-state index in [2.05, 4.69) is 65.1 Å². The molecule has 3 aromatic rings. The summed E-state index contributed by atoms with van der Waals surface area (Å²) in [6, 6.07) is 15.2. The number of benzene rings is 2. The largest absolute Gasteiger partial charge is 0.379 e. The van der Waals surface area contributed by atoms with Crippen molar-refractivity contribution in [1.29, 1.82) is 0 Å². The van der Waals surface area contributed by atoms with E-state index < -0.39 is 10.0 Å². The summed E-state index contributed by atoms with van der Waals surface area (Å²) in [6.07, 6.45) is 5.74. The summed E-state index contributed by atoms with van der Waals surface area (Å²) in [5.41, 5.74) is 2.91. The number of aromatic nitrogens is 3. The number of sulfonamides is 1. The molecular formula is C30H39N5O4S2. The molecule has 11 heteroatoms. The first-order valence-corrected chi connectivity index (χ1v) is 16.7. The van der Waals surface area contributed by atoms with Gasteiger partial charge in [-0.15, -0.1) is 10.2 Å². The molecule has 2 aliphatic rings. The van der Waals surface area contributed by atoms with Gasteiger partial charge in [0.1, 0.15) is 0 Å². The Hall–Kier alpha value is -2.73. The number of anilines is 1. The van der Waals surface area contributed by atoms with Crippen molar-refractivity contribution in [3.8, 4) is 11.4 Å². The van der Waals surface area contributed by atoms with E-state index >= 15 is 0 Å². The number of thioether (sulfide) groups is 1. The predicted molar refractivity (Wildman–Crippen MR) is 162 cm³/mol. The summed E-state index contributed by atoms with van der Waals surface area (Å²) in [4.78, 5) is 13.1. The van der Waals surface area contributed by atoms with Gasteiger partial charge in [-0.3, -0.25) is 9.36 Å². The van der Waals surface area contributed by atoms with Gasteiger partial charge in [-0.2, -0.15) is 4.31 Å². The number of hydrogen-bond acceptors (Lipinski definition) is 7. The second-order valence-electron chi connectivity index (χ2n) is 11.7. The van der Waals surface area contributed by atoms with Crippen LogP contribution in [0, 0.1) is 0 Å². The van der Waals surface area contributed by atoms with Crippen molar-refractivity contribution in [2.45, 2.75) is 74.4 Å². The number of carbonyl (C=O) groups is 1. The van der Waals surface area contributed by atoms with Gasteiger partial charge in [-0.25, -0.2) is 8.42 Å². The lowest BCUT2D eigenvalue weighted by molar-refractivity contribution is -0.113. The molecule has 1 aliphatic heterocycles. The summed E-state index contributed by atoms with van der Waals surface area (Å²) in [7, 11) is -3.58. The van der Waals surface area contributed by atoms with E-state index in [1.54, 1.807) is 12.1 Å². The van der Waals surface area contributed by atoms with E-state index in [1.165, 1.54) is 53.0 Å². The standard InChI is InChI=1S/C30H39N5O4S2/c1-30(2,3)23-11-9-22(10-12-23)28-32-33-29(35(28)25-7-5-4-6-8-25)40-21-27(36)31-24-13-15-26(16-14-24)41(37,38)34-17-19-39-20-18-34/h9-16,25H,4-8,17-21H2,1-3H3,(H,31,36). The molecule has 0 unspecified atom stereocenters. The second-order valence-corrected chi connectivity index (χ2v) is 14.6.